The molecule has 112 valence electrons. The fourth-order valence-electron chi connectivity index (χ4n) is 2.31. The van der Waals surface area contributed by atoms with Gasteiger partial charge in [-0.3, -0.25) is 4.79 Å². The van der Waals surface area contributed by atoms with Crippen LogP contribution in [0, 0.1) is 13.8 Å². The molecule has 0 bridgehead atoms. The molecular weight excluding hydrogens is 282 g/mol. The van der Waals surface area contributed by atoms with E-state index in [1.54, 1.807) is 10.9 Å². The fourth-order valence-corrected chi connectivity index (χ4v) is 2.31. The molecule has 7 heteroatoms. The summed E-state index contributed by atoms with van der Waals surface area (Å²) < 4.78 is 1.73. The molecule has 0 atom stereocenters. The molecule has 1 aromatic carbocycles. The van der Waals surface area contributed by atoms with Crippen LogP contribution in [0.5, 0.6) is 0 Å². The summed E-state index contributed by atoms with van der Waals surface area (Å²) in [6, 6.07) is 6.15. The van der Waals surface area contributed by atoms with Gasteiger partial charge in [-0.1, -0.05) is 6.07 Å². The molecule has 0 unspecified atom stereocenters. The van der Waals surface area contributed by atoms with Gasteiger partial charge < -0.3 is 4.84 Å². The summed E-state index contributed by atoms with van der Waals surface area (Å²) in [5, 5.41) is 5.04. The van der Waals surface area contributed by atoms with Crippen LogP contribution in [-0.2, 0) is 9.63 Å². The van der Waals surface area contributed by atoms with Crippen molar-refractivity contribution in [1.82, 2.24) is 19.7 Å². The van der Waals surface area contributed by atoms with Gasteiger partial charge in [0.2, 0.25) is 0 Å². The molecular formula is C15H15N5O2. The van der Waals surface area contributed by atoms with Crippen LogP contribution in [-0.4, -0.2) is 25.7 Å². The van der Waals surface area contributed by atoms with Gasteiger partial charge in [0.05, 0.1) is 17.3 Å². The molecule has 3 aromatic rings. The monoisotopic (exact) mass is 297 g/mol. The minimum atomic E-state index is -0.450. The van der Waals surface area contributed by atoms with E-state index in [0.29, 0.717) is 16.9 Å². The average molecular weight is 297 g/mol. The number of anilines is 1. The predicted octanol–water partition coefficient (Wildman–Crippen LogP) is 2.32. The number of carbonyl (C=O) groups excluding carboxylic acids is 1. The van der Waals surface area contributed by atoms with Crippen LogP contribution >= 0.6 is 0 Å². The van der Waals surface area contributed by atoms with Crippen molar-refractivity contribution in [3.8, 4) is 5.69 Å². The molecule has 3 rings (SSSR count). The van der Waals surface area contributed by atoms with Crippen molar-refractivity contribution in [1.29, 1.82) is 0 Å². The summed E-state index contributed by atoms with van der Waals surface area (Å²) in [7, 11) is 0. The normalized spacial score (nSPS) is 10.7. The summed E-state index contributed by atoms with van der Waals surface area (Å²) in [5.74, 6) is -0.0516. The summed E-state index contributed by atoms with van der Waals surface area (Å²) in [4.78, 5) is 24.0. The van der Waals surface area contributed by atoms with Gasteiger partial charge in [0.15, 0.2) is 11.5 Å². The third-order valence-electron chi connectivity index (χ3n) is 3.11. The van der Waals surface area contributed by atoms with E-state index in [2.05, 4.69) is 26.6 Å². The SMILES string of the molecule is CC(=O)ONc1ncnc2c1cnn2-c1cc(C)cc(C)c1. The Morgan fingerprint density at radius 2 is 1.91 bits per heavy atom. The molecule has 22 heavy (non-hydrogen) atoms. The van der Waals surface area contributed by atoms with Crippen molar-refractivity contribution in [3.05, 3.63) is 41.9 Å². The van der Waals surface area contributed by atoms with E-state index in [4.69, 9.17) is 4.84 Å². The zero-order chi connectivity index (χ0) is 15.7. The third-order valence-corrected chi connectivity index (χ3v) is 3.11. The van der Waals surface area contributed by atoms with Crippen LogP contribution in [0.3, 0.4) is 0 Å². The zero-order valence-corrected chi connectivity index (χ0v) is 12.5. The molecule has 2 aromatic heterocycles. The molecule has 0 aliphatic carbocycles. The van der Waals surface area contributed by atoms with E-state index in [1.807, 2.05) is 26.0 Å². The average Bonchev–Trinajstić information content (AvgIpc) is 2.88. The van der Waals surface area contributed by atoms with Gasteiger partial charge in [0.25, 0.3) is 0 Å². The predicted molar refractivity (Wildman–Crippen MR) is 81.5 cm³/mol. The lowest BCUT2D eigenvalue weighted by Crippen LogP contribution is -2.08. The number of aryl methyl sites for hydroxylation is 2. The van der Waals surface area contributed by atoms with Crippen molar-refractivity contribution in [3.63, 3.8) is 0 Å². The molecule has 0 amide bonds. The molecule has 0 saturated heterocycles. The molecule has 0 aliphatic rings. The lowest BCUT2D eigenvalue weighted by Gasteiger charge is -2.07. The van der Waals surface area contributed by atoms with Gasteiger partial charge in [-0.25, -0.2) is 14.6 Å². The van der Waals surface area contributed by atoms with Crippen LogP contribution in [0.1, 0.15) is 18.1 Å². The van der Waals surface area contributed by atoms with Crippen LogP contribution < -0.4 is 5.48 Å². The first kappa shape index (κ1) is 14.0. The second-order valence-electron chi connectivity index (χ2n) is 5.06. The van der Waals surface area contributed by atoms with Crippen molar-refractivity contribution in [2.24, 2.45) is 0 Å². The Hall–Kier alpha value is -2.96. The lowest BCUT2D eigenvalue weighted by molar-refractivity contribution is -0.138. The standard InChI is InChI=1S/C15H15N5O2/c1-9-4-10(2)6-12(5-9)20-15-13(7-18-20)14(16-8-17-15)19-22-11(3)21/h4-8H,1-3H3,(H,16,17,19). The van der Waals surface area contributed by atoms with Gasteiger partial charge >= 0.3 is 5.97 Å². The maximum atomic E-state index is 10.9. The van der Waals surface area contributed by atoms with Crippen LogP contribution in [0.15, 0.2) is 30.7 Å². The number of hydrogen-bond acceptors (Lipinski definition) is 6. The van der Waals surface area contributed by atoms with E-state index in [1.165, 1.54) is 13.3 Å². The second-order valence-corrected chi connectivity index (χ2v) is 5.06. The smallest absolute Gasteiger partial charge is 0.329 e. The van der Waals surface area contributed by atoms with Crippen LogP contribution in [0.25, 0.3) is 16.7 Å². The number of benzene rings is 1. The quantitative estimate of drug-likeness (QED) is 0.747. The van der Waals surface area contributed by atoms with E-state index >= 15 is 0 Å². The Morgan fingerprint density at radius 1 is 1.18 bits per heavy atom. The Balaban J connectivity index is 2.09. The van der Waals surface area contributed by atoms with Crippen molar-refractivity contribution < 1.29 is 9.63 Å². The molecule has 0 fully saturated rings. The van der Waals surface area contributed by atoms with E-state index in [0.717, 1.165) is 16.8 Å². The first-order valence-corrected chi connectivity index (χ1v) is 6.75. The molecule has 2 heterocycles. The highest BCUT2D eigenvalue weighted by Gasteiger charge is 2.12. The first-order valence-electron chi connectivity index (χ1n) is 6.75. The minimum Gasteiger partial charge on any atom is -0.342 e. The second kappa shape index (κ2) is 5.44. The van der Waals surface area contributed by atoms with E-state index in [9.17, 15) is 4.79 Å². The van der Waals surface area contributed by atoms with Crippen molar-refractivity contribution >= 4 is 22.8 Å². The van der Waals surface area contributed by atoms with E-state index in [-0.39, 0.29) is 0 Å². The number of carbonyl (C=O) groups is 1. The molecule has 0 aliphatic heterocycles. The van der Waals surface area contributed by atoms with Crippen molar-refractivity contribution in [2.45, 2.75) is 20.8 Å². The topological polar surface area (TPSA) is 81.9 Å². The van der Waals surface area contributed by atoms with Gasteiger partial charge in [-0.05, 0) is 37.1 Å². The summed E-state index contributed by atoms with van der Waals surface area (Å²) in [5.41, 5.74) is 6.36. The lowest BCUT2D eigenvalue weighted by atomic mass is 10.1. The summed E-state index contributed by atoms with van der Waals surface area (Å²) >= 11 is 0. The number of rotatable bonds is 3. The number of nitrogens with one attached hydrogen (secondary N) is 1. The zero-order valence-electron chi connectivity index (χ0n) is 12.5. The maximum absolute atomic E-state index is 10.9. The Labute approximate surface area is 126 Å². The van der Waals surface area contributed by atoms with Crippen LogP contribution in [0.2, 0.25) is 0 Å². The van der Waals surface area contributed by atoms with E-state index < -0.39 is 5.97 Å². The summed E-state index contributed by atoms with van der Waals surface area (Å²) in [6.45, 7) is 5.38. The number of nitrogens with zero attached hydrogens (tertiary/aromatic N) is 4. The third kappa shape index (κ3) is 2.60. The highest BCUT2D eigenvalue weighted by atomic mass is 16.7. The minimum absolute atomic E-state index is 0.399. The van der Waals surface area contributed by atoms with Crippen LogP contribution in [0.4, 0.5) is 5.82 Å². The van der Waals surface area contributed by atoms with Gasteiger partial charge in [0, 0.05) is 6.92 Å². The van der Waals surface area contributed by atoms with Gasteiger partial charge in [0.1, 0.15) is 6.33 Å². The summed E-state index contributed by atoms with van der Waals surface area (Å²) in [6.07, 6.45) is 3.04. The van der Waals surface area contributed by atoms with Gasteiger partial charge in [-0.15, -0.1) is 0 Å². The molecule has 0 spiro atoms. The Kier molecular flexibility index (Phi) is 3.46. The highest BCUT2D eigenvalue weighted by molar-refractivity contribution is 5.87. The fraction of sp³-hybridized carbons (Fsp3) is 0.200. The Bertz CT molecular complexity index is 836. The Morgan fingerprint density at radius 3 is 2.59 bits per heavy atom. The first-order chi connectivity index (χ1) is 10.5. The maximum Gasteiger partial charge on any atom is 0.329 e. The molecule has 7 nitrogen and oxygen atoms in total. The molecule has 0 saturated carbocycles. The largest absolute Gasteiger partial charge is 0.342 e. The highest BCUT2D eigenvalue weighted by Crippen LogP contribution is 2.22. The van der Waals surface area contributed by atoms with Crippen molar-refractivity contribution in [2.75, 3.05) is 5.48 Å². The number of aromatic nitrogens is 4. The number of hydrogen-bond donors (Lipinski definition) is 1. The van der Waals surface area contributed by atoms with Gasteiger partial charge in [-0.2, -0.15) is 10.6 Å². The number of fused-ring (bicyclic) bond motifs is 1. The molecule has 0 radical (unpaired) electrons. The molecule has 1 N–H and O–H groups in total.